The normalized spacial score (nSPS) is 20.2. The number of thiophene rings is 1. The first kappa shape index (κ1) is 14.0. The van der Waals surface area contributed by atoms with Gasteiger partial charge in [-0.15, -0.1) is 11.3 Å². The van der Waals surface area contributed by atoms with E-state index in [2.05, 4.69) is 0 Å². The Kier molecular flexibility index (Phi) is 3.60. The summed E-state index contributed by atoms with van der Waals surface area (Å²) in [5, 5.41) is 6.70. The van der Waals surface area contributed by atoms with Crippen LogP contribution in [0.3, 0.4) is 0 Å². The molecule has 0 unspecified atom stereocenters. The third-order valence-corrected chi connectivity index (χ3v) is 6.38. The number of hydrogen-bond donors (Lipinski definition) is 1. The Morgan fingerprint density at radius 2 is 1.80 bits per heavy atom. The Bertz CT molecular complexity index is 613. The molecule has 2 aliphatic rings. The molecule has 20 heavy (non-hydrogen) atoms. The van der Waals surface area contributed by atoms with Crippen molar-refractivity contribution in [1.29, 1.82) is 0 Å². The molecule has 7 heteroatoms. The third kappa shape index (κ3) is 2.75. The fraction of sp³-hybridized carbons (Fsp3) is 0.615. The Morgan fingerprint density at radius 3 is 2.30 bits per heavy atom. The van der Waals surface area contributed by atoms with Gasteiger partial charge in [-0.25, -0.2) is 13.6 Å². The highest BCUT2D eigenvalue weighted by Gasteiger charge is 2.39. The molecule has 1 aromatic heterocycles. The van der Waals surface area contributed by atoms with Crippen LogP contribution in [0.25, 0.3) is 0 Å². The lowest BCUT2D eigenvalue weighted by Gasteiger charge is -2.28. The van der Waals surface area contributed by atoms with Crippen LogP contribution >= 0.6 is 11.3 Å². The van der Waals surface area contributed by atoms with Crippen molar-refractivity contribution in [2.24, 2.45) is 5.14 Å². The molecule has 0 radical (unpaired) electrons. The number of carbonyl (C=O) groups is 1. The van der Waals surface area contributed by atoms with Crippen LogP contribution in [0.15, 0.2) is 15.7 Å². The SMILES string of the molecule is NS(=O)(=O)c1cc(C(=O)N(C2CCCC2)C2CC2)cs1. The highest BCUT2D eigenvalue weighted by molar-refractivity contribution is 7.91. The van der Waals surface area contributed by atoms with Gasteiger partial charge in [-0.2, -0.15) is 0 Å². The molecule has 1 aromatic rings. The van der Waals surface area contributed by atoms with Crippen LogP contribution in [0.5, 0.6) is 0 Å². The maximum Gasteiger partial charge on any atom is 0.255 e. The lowest BCUT2D eigenvalue weighted by molar-refractivity contribution is 0.0665. The van der Waals surface area contributed by atoms with E-state index in [0.29, 0.717) is 17.6 Å². The topological polar surface area (TPSA) is 80.5 Å². The van der Waals surface area contributed by atoms with Gasteiger partial charge in [-0.3, -0.25) is 4.79 Å². The maximum atomic E-state index is 12.7. The van der Waals surface area contributed by atoms with Crippen molar-refractivity contribution in [3.63, 3.8) is 0 Å². The van der Waals surface area contributed by atoms with Crippen LogP contribution in [0.4, 0.5) is 0 Å². The lowest BCUT2D eigenvalue weighted by atomic mass is 10.1. The van der Waals surface area contributed by atoms with Crippen molar-refractivity contribution in [3.05, 3.63) is 17.0 Å². The highest BCUT2D eigenvalue weighted by Crippen LogP contribution is 2.36. The Labute approximate surface area is 122 Å². The lowest BCUT2D eigenvalue weighted by Crippen LogP contribution is -2.40. The zero-order valence-electron chi connectivity index (χ0n) is 11.1. The summed E-state index contributed by atoms with van der Waals surface area (Å²) in [4.78, 5) is 14.6. The summed E-state index contributed by atoms with van der Waals surface area (Å²) in [5.41, 5.74) is 0.456. The number of carbonyl (C=O) groups excluding carboxylic acids is 1. The number of nitrogens with zero attached hydrogens (tertiary/aromatic N) is 1. The minimum absolute atomic E-state index is 0.0365. The maximum absolute atomic E-state index is 12.7. The monoisotopic (exact) mass is 314 g/mol. The van der Waals surface area contributed by atoms with Crippen molar-refractivity contribution < 1.29 is 13.2 Å². The van der Waals surface area contributed by atoms with Gasteiger partial charge < -0.3 is 4.90 Å². The van der Waals surface area contributed by atoms with E-state index in [0.717, 1.165) is 37.0 Å². The first-order chi connectivity index (χ1) is 9.47. The Hall–Kier alpha value is -0.920. The molecule has 0 spiro atoms. The molecular formula is C13H18N2O3S2. The zero-order chi connectivity index (χ0) is 14.3. The summed E-state index contributed by atoms with van der Waals surface area (Å²) in [7, 11) is -3.72. The predicted molar refractivity (Wildman–Crippen MR) is 77.1 cm³/mol. The number of primary sulfonamides is 1. The standard InChI is InChI=1S/C13H18N2O3S2/c14-20(17,18)12-7-9(8-19-12)13(16)15(11-5-6-11)10-3-1-2-4-10/h7-8,10-11H,1-6H2,(H2,14,17,18). The number of sulfonamides is 1. The molecule has 2 aliphatic carbocycles. The minimum atomic E-state index is -3.72. The molecule has 2 N–H and O–H groups in total. The van der Waals surface area contributed by atoms with Crippen molar-refractivity contribution in [3.8, 4) is 0 Å². The fourth-order valence-electron chi connectivity index (χ4n) is 2.89. The van der Waals surface area contributed by atoms with Crippen LogP contribution in [0, 0.1) is 0 Å². The second-order valence-electron chi connectivity index (χ2n) is 5.58. The molecular weight excluding hydrogens is 296 g/mol. The second-order valence-corrected chi connectivity index (χ2v) is 8.28. The smallest absolute Gasteiger partial charge is 0.255 e. The summed E-state index contributed by atoms with van der Waals surface area (Å²) < 4.78 is 22.7. The Morgan fingerprint density at radius 1 is 1.20 bits per heavy atom. The van der Waals surface area contributed by atoms with Gasteiger partial charge in [-0.1, -0.05) is 12.8 Å². The van der Waals surface area contributed by atoms with Gasteiger partial charge in [0.1, 0.15) is 4.21 Å². The fourth-order valence-corrected chi connectivity index (χ4v) is 4.47. The summed E-state index contributed by atoms with van der Waals surface area (Å²) in [6.45, 7) is 0. The van der Waals surface area contributed by atoms with E-state index in [1.807, 2.05) is 4.90 Å². The number of amides is 1. The predicted octanol–water partition coefficient (Wildman–Crippen LogP) is 1.94. The van der Waals surface area contributed by atoms with Gasteiger partial charge >= 0.3 is 0 Å². The molecule has 0 saturated heterocycles. The van der Waals surface area contributed by atoms with E-state index in [9.17, 15) is 13.2 Å². The second kappa shape index (κ2) is 5.13. The van der Waals surface area contributed by atoms with E-state index in [1.54, 1.807) is 5.38 Å². The van der Waals surface area contributed by atoms with Crippen LogP contribution in [0.2, 0.25) is 0 Å². The van der Waals surface area contributed by atoms with E-state index in [4.69, 9.17) is 5.14 Å². The van der Waals surface area contributed by atoms with E-state index >= 15 is 0 Å². The molecule has 110 valence electrons. The zero-order valence-corrected chi connectivity index (χ0v) is 12.8. The van der Waals surface area contributed by atoms with E-state index in [1.165, 1.54) is 18.9 Å². The number of nitrogens with two attached hydrogens (primary N) is 1. The molecule has 1 amide bonds. The molecule has 2 fully saturated rings. The minimum Gasteiger partial charge on any atom is -0.333 e. The van der Waals surface area contributed by atoms with Crippen LogP contribution in [-0.2, 0) is 10.0 Å². The van der Waals surface area contributed by atoms with Crippen molar-refractivity contribution in [2.45, 2.75) is 54.8 Å². The van der Waals surface area contributed by atoms with E-state index in [-0.39, 0.29) is 10.1 Å². The quantitative estimate of drug-likeness (QED) is 0.922. The molecule has 5 nitrogen and oxygen atoms in total. The van der Waals surface area contributed by atoms with Gasteiger partial charge in [0, 0.05) is 17.5 Å². The molecule has 0 bridgehead atoms. The van der Waals surface area contributed by atoms with Gasteiger partial charge in [0.2, 0.25) is 10.0 Å². The van der Waals surface area contributed by atoms with Crippen molar-refractivity contribution in [2.75, 3.05) is 0 Å². The Balaban J connectivity index is 1.84. The summed E-state index contributed by atoms with van der Waals surface area (Å²) >= 11 is 1.02. The summed E-state index contributed by atoms with van der Waals surface area (Å²) in [5.74, 6) is -0.0365. The van der Waals surface area contributed by atoms with Crippen LogP contribution in [0.1, 0.15) is 48.9 Å². The van der Waals surface area contributed by atoms with Gasteiger partial charge in [0.05, 0.1) is 5.56 Å². The van der Waals surface area contributed by atoms with Gasteiger partial charge in [0.25, 0.3) is 5.91 Å². The summed E-state index contributed by atoms with van der Waals surface area (Å²) in [6.07, 6.45) is 6.60. The van der Waals surface area contributed by atoms with Gasteiger partial charge in [-0.05, 0) is 31.7 Å². The number of hydrogen-bond acceptors (Lipinski definition) is 4. The molecule has 0 atom stereocenters. The molecule has 2 saturated carbocycles. The average Bonchev–Trinajstić information content (AvgIpc) is 2.91. The molecule has 1 heterocycles. The first-order valence-corrected chi connectivity index (χ1v) is 9.33. The van der Waals surface area contributed by atoms with E-state index < -0.39 is 10.0 Å². The van der Waals surface area contributed by atoms with Crippen molar-refractivity contribution in [1.82, 2.24) is 4.90 Å². The highest BCUT2D eigenvalue weighted by atomic mass is 32.2. The van der Waals surface area contributed by atoms with Crippen LogP contribution in [-0.4, -0.2) is 31.3 Å². The largest absolute Gasteiger partial charge is 0.333 e. The first-order valence-electron chi connectivity index (χ1n) is 6.91. The average molecular weight is 314 g/mol. The molecule has 0 aromatic carbocycles. The third-order valence-electron chi connectivity index (χ3n) is 4.00. The molecule has 3 rings (SSSR count). The molecule has 0 aliphatic heterocycles. The van der Waals surface area contributed by atoms with Gasteiger partial charge in [0.15, 0.2) is 0 Å². The van der Waals surface area contributed by atoms with Crippen molar-refractivity contribution >= 4 is 27.3 Å². The number of rotatable bonds is 4. The summed E-state index contributed by atoms with van der Waals surface area (Å²) in [6, 6.07) is 2.09. The van der Waals surface area contributed by atoms with Crippen LogP contribution < -0.4 is 5.14 Å².